The highest BCUT2D eigenvalue weighted by molar-refractivity contribution is 6.39. The predicted octanol–water partition coefficient (Wildman–Crippen LogP) is 7.26. The summed E-state index contributed by atoms with van der Waals surface area (Å²) in [5.41, 5.74) is 1.05. The maximum Gasteiger partial charge on any atom is 0.342 e. The standard InChI is InChI=1S/C52H74Cl2O17/c1-13-31-23-26(5)18-16-15-17-19-32(24-65-51-45(64-12)42(60)44(30(9)66-51)68-49(63)35-33(14-2)36(53)39(57)37(54)38(35)56)48(62)67-34(29(8)55)21-20-27(6)22-28(7)43(31)69-50-41(59)40(58)46(52(10,11)71-50)70-47(61)25(3)4/h15,17,19-20,22-23,25,29-31,34,40-46,50-51,55-60H,13-14,16,18,21,24H2,1-12H3/b17-15+,26-23+,27-20+,28-22+,32-19+/t29-,30-,31+,34+,40-,41+,42+,43+,44-,45+,46+,50-,51-/m1/s1. The maximum absolute atomic E-state index is 13.9. The Labute approximate surface area is 427 Å². The number of cyclic esters (lactones) is 1. The highest BCUT2D eigenvalue weighted by Gasteiger charge is 2.53. The second-order valence-corrected chi connectivity index (χ2v) is 20.0. The average molecular weight is 1040 g/mol. The van der Waals surface area contributed by atoms with Crippen LogP contribution < -0.4 is 0 Å². The van der Waals surface area contributed by atoms with Gasteiger partial charge in [-0.3, -0.25) is 4.79 Å². The molecule has 17 nitrogen and oxygen atoms in total. The number of esters is 3. The molecule has 1 aromatic rings. The molecular formula is C52H74Cl2O17. The van der Waals surface area contributed by atoms with Gasteiger partial charge in [0.25, 0.3) is 0 Å². The Morgan fingerprint density at radius 3 is 2.23 bits per heavy atom. The van der Waals surface area contributed by atoms with Crippen LogP contribution in [0.15, 0.2) is 58.7 Å². The van der Waals surface area contributed by atoms with Gasteiger partial charge in [-0.15, -0.1) is 0 Å². The van der Waals surface area contributed by atoms with Crippen LogP contribution in [0.5, 0.6) is 11.5 Å². The van der Waals surface area contributed by atoms with E-state index < -0.39 is 126 Å². The van der Waals surface area contributed by atoms with E-state index in [0.29, 0.717) is 19.3 Å². The van der Waals surface area contributed by atoms with Crippen LogP contribution in [0.1, 0.15) is 118 Å². The van der Waals surface area contributed by atoms with Gasteiger partial charge < -0.3 is 68.5 Å². The first-order chi connectivity index (χ1) is 33.3. The van der Waals surface area contributed by atoms with Gasteiger partial charge in [0, 0.05) is 19.4 Å². The van der Waals surface area contributed by atoms with E-state index in [9.17, 15) is 45.0 Å². The first kappa shape index (κ1) is 59.7. The Bertz CT molecular complexity index is 2180. The predicted molar refractivity (Wildman–Crippen MR) is 264 cm³/mol. The normalized spacial score (nSPS) is 34.1. The van der Waals surface area contributed by atoms with Gasteiger partial charge in [-0.2, -0.15) is 0 Å². The maximum atomic E-state index is 13.9. The van der Waals surface area contributed by atoms with Gasteiger partial charge in [0.05, 0.1) is 41.4 Å². The van der Waals surface area contributed by atoms with Crippen molar-refractivity contribution in [3.05, 3.63) is 79.9 Å². The molecule has 19 heteroatoms. The van der Waals surface area contributed by atoms with E-state index >= 15 is 0 Å². The summed E-state index contributed by atoms with van der Waals surface area (Å²) in [6.45, 7) is 18.7. The summed E-state index contributed by atoms with van der Waals surface area (Å²) >= 11 is 12.3. The summed E-state index contributed by atoms with van der Waals surface area (Å²) in [7, 11) is 1.29. The molecule has 2 fully saturated rings. The molecule has 3 aliphatic heterocycles. The largest absolute Gasteiger partial charge is 0.505 e. The van der Waals surface area contributed by atoms with Crippen molar-refractivity contribution in [1.29, 1.82) is 0 Å². The number of carbonyl (C=O) groups is 3. The monoisotopic (exact) mass is 1040 g/mol. The lowest BCUT2D eigenvalue weighted by Gasteiger charge is -2.47. The van der Waals surface area contributed by atoms with Gasteiger partial charge >= 0.3 is 17.9 Å². The molecule has 1 aromatic carbocycles. The lowest BCUT2D eigenvalue weighted by atomic mass is 9.88. The molecule has 4 rings (SSSR count). The molecule has 0 spiro atoms. The van der Waals surface area contributed by atoms with E-state index in [1.807, 2.05) is 45.9 Å². The van der Waals surface area contributed by atoms with Crippen LogP contribution in [0.3, 0.4) is 0 Å². The number of aliphatic hydroxyl groups excluding tert-OH is 4. The summed E-state index contributed by atoms with van der Waals surface area (Å²) < 4.78 is 47.7. The molecule has 0 aromatic heterocycles. The van der Waals surface area contributed by atoms with E-state index in [4.69, 9.17) is 61.1 Å². The molecule has 398 valence electrons. The molecule has 0 aliphatic carbocycles. The lowest BCUT2D eigenvalue weighted by molar-refractivity contribution is -0.333. The van der Waals surface area contributed by atoms with E-state index in [1.54, 1.807) is 40.7 Å². The number of phenolic OH excluding ortho intramolecular Hbond substituents is 2. The zero-order valence-corrected chi connectivity index (χ0v) is 44.2. The van der Waals surface area contributed by atoms with E-state index in [0.717, 1.165) is 16.7 Å². The van der Waals surface area contributed by atoms with Gasteiger partial charge in [0.15, 0.2) is 36.3 Å². The van der Waals surface area contributed by atoms with Crippen molar-refractivity contribution in [3.63, 3.8) is 0 Å². The third-order valence-corrected chi connectivity index (χ3v) is 13.6. The fourth-order valence-corrected chi connectivity index (χ4v) is 9.17. The Morgan fingerprint density at radius 1 is 0.944 bits per heavy atom. The number of hydrogen-bond donors (Lipinski definition) is 6. The molecule has 3 aliphatic rings. The molecule has 0 saturated carbocycles. The molecule has 0 amide bonds. The Balaban J connectivity index is 1.58. The van der Waals surface area contributed by atoms with Crippen molar-refractivity contribution >= 4 is 41.1 Å². The molecule has 13 atom stereocenters. The Morgan fingerprint density at radius 2 is 1.62 bits per heavy atom. The third-order valence-electron chi connectivity index (χ3n) is 12.8. The fourth-order valence-electron chi connectivity index (χ4n) is 8.61. The molecule has 6 N–H and O–H groups in total. The number of benzene rings is 1. The van der Waals surface area contributed by atoms with Crippen LogP contribution >= 0.6 is 23.2 Å². The molecule has 0 bridgehead atoms. The summed E-state index contributed by atoms with van der Waals surface area (Å²) in [6, 6.07) is 0. The second kappa shape index (κ2) is 26.4. The number of hydrogen-bond acceptors (Lipinski definition) is 17. The summed E-state index contributed by atoms with van der Waals surface area (Å²) in [5, 5.41) is 65.1. The van der Waals surface area contributed by atoms with Gasteiger partial charge in [-0.1, -0.05) is 92.4 Å². The molecule has 0 radical (unpaired) electrons. The van der Waals surface area contributed by atoms with Crippen LogP contribution in [-0.2, 0) is 53.9 Å². The topological polar surface area (TPSA) is 246 Å². The Kier molecular flexibility index (Phi) is 22.2. The number of carbonyl (C=O) groups excluding carboxylic acids is 3. The zero-order chi connectivity index (χ0) is 53.2. The van der Waals surface area contributed by atoms with Crippen molar-refractivity contribution in [2.75, 3.05) is 13.7 Å². The lowest BCUT2D eigenvalue weighted by Crippen LogP contribution is -2.64. The van der Waals surface area contributed by atoms with E-state index in [2.05, 4.69) is 6.08 Å². The number of methoxy groups -OCH3 is 1. The van der Waals surface area contributed by atoms with E-state index in [-0.39, 0.29) is 40.5 Å². The van der Waals surface area contributed by atoms with E-state index in [1.165, 1.54) is 27.0 Å². The van der Waals surface area contributed by atoms with Crippen molar-refractivity contribution in [2.24, 2.45) is 11.8 Å². The van der Waals surface area contributed by atoms with Crippen molar-refractivity contribution in [1.82, 2.24) is 0 Å². The average Bonchev–Trinajstić information content (AvgIpc) is 3.30. The summed E-state index contributed by atoms with van der Waals surface area (Å²) in [5.74, 6) is -4.45. The van der Waals surface area contributed by atoms with Gasteiger partial charge in [-0.25, -0.2) is 9.59 Å². The minimum Gasteiger partial charge on any atom is -0.505 e. The van der Waals surface area contributed by atoms with Crippen molar-refractivity contribution < 1.29 is 82.9 Å². The summed E-state index contributed by atoms with van der Waals surface area (Å²) in [6.07, 6.45) is -1.81. The quantitative estimate of drug-likeness (QED) is 0.0646. The zero-order valence-electron chi connectivity index (χ0n) is 42.7. The molecular weight excluding hydrogens is 967 g/mol. The second-order valence-electron chi connectivity index (χ2n) is 19.3. The van der Waals surface area contributed by atoms with Gasteiger partial charge in [-0.05, 0) is 91.4 Å². The van der Waals surface area contributed by atoms with Gasteiger partial charge in [0.2, 0.25) is 0 Å². The molecule has 3 heterocycles. The van der Waals surface area contributed by atoms with Crippen molar-refractivity contribution in [2.45, 2.75) is 187 Å². The van der Waals surface area contributed by atoms with Gasteiger partial charge in [0.1, 0.15) is 46.7 Å². The highest BCUT2D eigenvalue weighted by Crippen LogP contribution is 2.45. The number of ether oxygens (including phenoxy) is 8. The van der Waals surface area contributed by atoms with Crippen LogP contribution in [-0.4, -0.2) is 141 Å². The number of phenols is 2. The molecule has 0 unspecified atom stereocenters. The summed E-state index contributed by atoms with van der Waals surface area (Å²) in [4.78, 5) is 40.0. The number of aliphatic hydroxyl groups is 4. The number of halogens is 2. The SMILES string of the molecule is CCc1c(Cl)c(O)c(Cl)c(O)c1C(=O)O[C@H]1[C@H](O)[C@H](OC)[C@H](OC/C2=C\C=C\CC/C(C)=C/[C@H](CC)[C@@H](O[C@@H]3OC(C)(C)[C@@H](OC(=O)C(C)C)[C@H](O)[C@@H]3O)/C(C)=C/C(C)=C/C[C@@H]([C@@H](C)O)OC2=O)O[C@@H]1C. The minimum absolute atomic E-state index is 0.0467. The number of aromatic hydroxyl groups is 2. The third kappa shape index (κ3) is 14.9. The fraction of sp³-hybridized carbons (Fsp3) is 0.635. The van der Waals surface area contributed by atoms with Crippen molar-refractivity contribution in [3.8, 4) is 11.5 Å². The van der Waals surface area contributed by atoms with Crippen LogP contribution in [0.25, 0.3) is 0 Å². The number of rotatable bonds is 13. The highest BCUT2D eigenvalue weighted by atomic mass is 35.5. The minimum atomic E-state index is -1.55. The Hall–Kier alpha value is -3.85. The van der Waals surface area contributed by atoms with Crippen LogP contribution in [0.2, 0.25) is 10.0 Å². The smallest absolute Gasteiger partial charge is 0.342 e. The van der Waals surface area contributed by atoms with Crippen LogP contribution in [0.4, 0.5) is 0 Å². The molecule has 2 saturated heterocycles. The first-order valence-corrected chi connectivity index (χ1v) is 24.8. The van der Waals surface area contributed by atoms with Crippen LogP contribution in [0, 0.1) is 11.8 Å². The number of allylic oxidation sites excluding steroid dienone is 6. The molecule has 71 heavy (non-hydrogen) atoms. The first-order valence-electron chi connectivity index (χ1n) is 24.1.